The Balaban J connectivity index is 0.00000417. The van der Waals surface area contributed by atoms with Crippen molar-refractivity contribution in [1.29, 1.82) is 0 Å². The maximum Gasteiger partial charge on any atom is 0.259 e. The van der Waals surface area contributed by atoms with E-state index in [1.54, 1.807) is 14.0 Å². The zero-order valence-electron chi connectivity index (χ0n) is 28.3. The Morgan fingerprint density at radius 1 is 1.16 bits per heavy atom. The first kappa shape index (κ1) is 35.4. The van der Waals surface area contributed by atoms with Crippen molar-refractivity contribution < 1.29 is 32.3 Å². The van der Waals surface area contributed by atoms with Crippen LogP contribution in [-0.4, -0.2) is 77.6 Å². The lowest BCUT2D eigenvalue weighted by Gasteiger charge is -2.36. The third kappa shape index (κ3) is 6.27. The van der Waals surface area contributed by atoms with Gasteiger partial charge in [-0.1, -0.05) is 25.0 Å². The van der Waals surface area contributed by atoms with Crippen molar-refractivity contribution in [3.63, 3.8) is 0 Å². The first-order valence-corrected chi connectivity index (χ1v) is 18.6. The van der Waals surface area contributed by atoms with E-state index in [0.717, 1.165) is 42.1 Å². The molecule has 0 radical (unpaired) electrons. The number of carbonyl (C=O) groups excluding carboxylic acids is 3. The summed E-state index contributed by atoms with van der Waals surface area (Å²) in [6.45, 7) is 3.66. The average molecular weight is 716 g/mol. The minimum absolute atomic E-state index is 0. The average Bonchev–Trinajstić information content (AvgIpc) is 3.95. The molecular formula is C35H46ClN5O7S. The number of nitrogens with one attached hydrogen (secondary N) is 2. The van der Waals surface area contributed by atoms with Crippen LogP contribution in [0.2, 0.25) is 0 Å². The molecule has 0 unspecified atom stereocenters. The SMILES string of the molecule is COc1ccc2nc(C)c3c(c2c1)CC[C@]1(C[C@H]2C(=O)N[C@]4(C(=O)NS(=O)(=O)C5(C)CC5)C[C@H]4/C=C\CCCCC[C@H](N)C(=O)N2C1)O3.Cl. The minimum atomic E-state index is -3.93. The smallest absolute Gasteiger partial charge is 0.259 e. The van der Waals surface area contributed by atoms with Gasteiger partial charge in [0.2, 0.25) is 21.8 Å². The molecule has 3 aliphatic heterocycles. The summed E-state index contributed by atoms with van der Waals surface area (Å²) in [7, 11) is -2.31. The predicted molar refractivity (Wildman–Crippen MR) is 186 cm³/mol. The summed E-state index contributed by atoms with van der Waals surface area (Å²) >= 11 is 0. The highest BCUT2D eigenvalue weighted by molar-refractivity contribution is 7.91. The third-order valence-electron chi connectivity index (χ3n) is 11.2. The number of pyridine rings is 1. The minimum Gasteiger partial charge on any atom is -0.497 e. The maximum absolute atomic E-state index is 14.3. The number of aryl methyl sites for hydroxylation is 2. The quantitative estimate of drug-likeness (QED) is 0.402. The number of nitrogens with zero attached hydrogens (tertiary/aromatic N) is 2. The molecule has 4 N–H and O–H groups in total. The van der Waals surface area contributed by atoms with E-state index in [0.29, 0.717) is 49.3 Å². The molecule has 4 heterocycles. The Morgan fingerprint density at radius 2 is 1.94 bits per heavy atom. The number of aromatic nitrogens is 1. The molecule has 5 atom stereocenters. The van der Waals surface area contributed by atoms with Crippen LogP contribution in [-0.2, 0) is 30.8 Å². The van der Waals surface area contributed by atoms with Crippen molar-refractivity contribution in [2.45, 2.75) is 112 Å². The zero-order chi connectivity index (χ0) is 34.1. The van der Waals surface area contributed by atoms with E-state index in [-0.39, 0.29) is 43.6 Å². The lowest BCUT2D eigenvalue weighted by Crippen LogP contribution is -2.58. The van der Waals surface area contributed by atoms with Gasteiger partial charge in [0.1, 0.15) is 28.7 Å². The van der Waals surface area contributed by atoms with Gasteiger partial charge in [0, 0.05) is 23.3 Å². The van der Waals surface area contributed by atoms with Crippen molar-refractivity contribution in [3.8, 4) is 11.5 Å². The van der Waals surface area contributed by atoms with E-state index in [1.165, 1.54) is 4.90 Å². The van der Waals surface area contributed by atoms with Gasteiger partial charge in [-0.25, -0.2) is 13.4 Å². The lowest BCUT2D eigenvalue weighted by molar-refractivity contribution is -0.140. The van der Waals surface area contributed by atoms with Gasteiger partial charge in [0.15, 0.2) is 0 Å². The van der Waals surface area contributed by atoms with Gasteiger partial charge < -0.3 is 25.4 Å². The van der Waals surface area contributed by atoms with E-state index in [4.69, 9.17) is 20.2 Å². The molecule has 49 heavy (non-hydrogen) atoms. The van der Waals surface area contributed by atoms with Crippen molar-refractivity contribution in [2.24, 2.45) is 11.7 Å². The molecule has 2 aliphatic carbocycles. The molecule has 12 nitrogen and oxygen atoms in total. The maximum atomic E-state index is 14.3. The summed E-state index contributed by atoms with van der Waals surface area (Å²) in [4.78, 5) is 48.3. The Hall–Kier alpha value is -3.42. The van der Waals surface area contributed by atoms with Crippen LogP contribution in [0.3, 0.4) is 0 Å². The summed E-state index contributed by atoms with van der Waals surface area (Å²) in [5.74, 6) is -0.601. The first-order chi connectivity index (χ1) is 22.8. The van der Waals surface area contributed by atoms with E-state index in [9.17, 15) is 22.8 Å². The molecule has 5 aliphatic rings. The lowest BCUT2D eigenvalue weighted by atomic mass is 9.87. The number of halogens is 1. The van der Waals surface area contributed by atoms with Crippen molar-refractivity contribution in [3.05, 3.63) is 41.6 Å². The van der Waals surface area contributed by atoms with Crippen molar-refractivity contribution >= 4 is 51.1 Å². The Labute approximate surface area is 293 Å². The fourth-order valence-electron chi connectivity index (χ4n) is 7.69. The van der Waals surface area contributed by atoms with E-state index in [1.807, 2.05) is 37.3 Å². The molecule has 2 aromatic rings. The Morgan fingerprint density at radius 3 is 2.67 bits per heavy atom. The van der Waals surface area contributed by atoms with E-state index < -0.39 is 49.8 Å². The molecule has 1 saturated heterocycles. The van der Waals surface area contributed by atoms with Crippen LogP contribution < -0.4 is 25.2 Å². The molecule has 1 aromatic carbocycles. The molecule has 3 amide bonds. The molecule has 266 valence electrons. The second-order valence-corrected chi connectivity index (χ2v) is 16.9. The number of ether oxygens (including phenoxy) is 2. The fourth-order valence-corrected chi connectivity index (χ4v) is 9.00. The molecule has 1 aromatic heterocycles. The number of nitrogens with two attached hydrogens (primary N) is 1. The van der Waals surface area contributed by atoms with Gasteiger partial charge in [-0.05, 0) is 83.4 Å². The molecule has 2 saturated carbocycles. The van der Waals surface area contributed by atoms with Gasteiger partial charge in [0.05, 0.1) is 35.7 Å². The Bertz CT molecular complexity index is 1830. The van der Waals surface area contributed by atoms with Crippen molar-refractivity contribution in [1.82, 2.24) is 19.9 Å². The Kier molecular flexibility index (Phi) is 9.19. The number of hydrogen-bond acceptors (Lipinski definition) is 9. The van der Waals surface area contributed by atoms with E-state index in [2.05, 4.69) is 10.0 Å². The molecule has 14 heteroatoms. The summed E-state index contributed by atoms with van der Waals surface area (Å²) < 4.78 is 39.7. The largest absolute Gasteiger partial charge is 0.497 e. The zero-order valence-corrected chi connectivity index (χ0v) is 29.9. The number of benzene rings is 1. The second-order valence-electron chi connectivity index (χ2n) is 14.7. The van der Waals surface area contributed by atoms with Crippen molar-refractivity contribution in [2.75, 3.05) is 13.7 Å². The highest BCUT2D eigenvalue weighted by atomic mass is 35.5. The topological polar surface area (TPSA) is 170 Å². The van der Waals surface area contributed by atoms with Crippen LogP contribution in [0, 0.1) is 12.8 Å². The molecule has 1 spiro atoms. The standard InChI is InChI=1S/C35H45N5O7S.ClH/c1-21-29-24(25-17-23(46-3)11-12-27(25)37-21)13-14-34(47-29)19-28-30(41)38-35(32(43)39-48(44,45)33(2)15-16-33)18-22(35)9-7-5-4-6-8-10-26(36)31(42)40(28)20-34;/h7,9,11-12,17,22,26,28H,4-6,8,10,13-16,18-20,36H2,1-3H3,(H,38,41)(H,39,43);1H/b9-7-;/t22-,26+,28+,34-,35-;/m1./s1. The number of carbonyl (C=O) groups is 3. The van der Waals surface area contributed by atoms with Gasteiger partial charge in [-0.15, -0.1) is 12.4 Å². The van der Waals surface area contributed by atoms with Crippen LogP contribution in [0.15, 0.2) is 30.4 Å². The number of allylic oxidation sites excluding steroid dienone is 1. The summed E-state index contributed by atoms with van der Waals surface area (Å²) in [5, 5.41) is 3.88. The van der Waals surface area contributed by atoms with Gasteiger partial charge in [0.25, 0.3) is 5.91 Å². The highest BCUT2D eigenvalue weighted by Gasteiger charge is 2.63. The number of sulfonamides is 1. The second kappa shape index (κ2) is 12.7. The normalized spacial score (nSPS) is 31.4. The van der Waals surface area contributed by atoms with Gasteiger partial charge in [-0.2, -0.15) is 0 Å². The molecule has 3 fully saturated rings. The summed E-state index contributed by atoms with van der Waals surface area (Å²) in [6.07, 6.45) is 10.3. The molecular weight excluding hydrogens is 670 g/mol. The number of rotatable bonds is 4. The van der Waals surface area contributed by atoms with Crippen LogP contribution in [0.5, 0.6) is 11.5 Å². The number of amides is 3. The first-order valence-electron chi connectivity index (χ1n) is 17.1. The van der Waals surface area contributed by atoms with E-state index >= 15 is 0 Å². The molecule has 0 bridgehead atoms. The summed E-state index contributed by atoms with van der Waals surface area (Å²) in [6, 6.07) is 3.99. The third-order valence-corrected chi connectivity index (χ3v) is 13.4. The van der Waals surface area contributed by atoms with Crippen LogP contribution in [0.25, 0.3) is 10.9 Å². The number of methoxy groups -OCH3 is 1. The van der Waals surface area contributed by atoms with Crippen LogP contribution in [0.4, 0.5) is 0 Å². The number of hydrogen-bond donors (Lipinski definition) is 3. The number of fused-ring (bicyclic) bond motifs is 5. The van der Waals surface area contributed by atoms with Gasteiger partial charge >= 0.3 is 0 Å². The predicted octanol–water partition coefficient (Wildman–Crippen LogP) is 3.36. The molecule has 7 rings (SSSR count). The van der Waals surface area contributed by atoms with Crippen LogP contribution in [0.1, 0.15) is 82.4 Å². The monoisotopic (exact) mass is 715 g/mol. The fraction of sp³-hybridized carbons (Fsp3) is 0.600. The highest BCUT2D eigenvalue weighted by Crippen LogP contribution is 2.49. The van der Waals surface area contributed by atoms with Crippen LogP contribution >= 0.6 is 12.4 Å². The summed E-state index contributed by atoms with van der Waals surface area (Å²) in [5.41, 5.74) is 6.71. The van der Waals surface area contributed by atoms with Gasteiger partial charge in [-0.3, -0.25) is 19.1 Å².